The van der Waals surface area contributed by atoms with Gasteiger partial charge in [0.1, 0.15) is 0 Å². The third kappa shape index (κ3) is 4.38. The molecule has 0 unspecified atom stereocenters. The van der Waals surface area contributed by atoms with Crippen LogP contribution in [0.5, 0.6) is 5.88 Å². The van der Waals surface area contributed by atoms with Crippen LogP contribution < -0.4 is 5.32 Å². The van der Waals surface area contributed by atoms with Gasteiger partial charge < -0.3 is 19.7 Å². The maximum Gasteiger partial charge on any atom is 0.220 e. The molecular weight excluding hydrogens is 350 g/mol. The lowest BCUT2D eigenvalue weighted by Gasteiger charge is -2.26. The molecule has 2 aromatic rings. The lowest BCUT2D eigenvalue weighted by molar-refractivity contribution is 0.0389. The summed E-state index contributed by atoms with van der Waals surface area (Å²) in [4.78, 5) is 2.32. The van der Waals surface area contributed by atoms with Gasteiger partial charge in [-0.25, -0.2) is 0 Å². The average Bonchev–Trinajstić information content (AvgIpc) is 2.93. The van der Waals surface area contributed by atoms with Gasteiger partial charge in [-0.15, -0.1) is 10.2 Å². The van der Waals surface area contributed by atoms with E-state index in [1.54, 1.807) is 0 Å². The number of benzene rings is 1. The molecule has 2 heterocycles. The summed E-state index contributed by atoms with van der Waals surface area (Å²) in [5.41, 5.74) is 1.42. The number of hydrogen-bond acceptors (Lipinski definition) is 5. The van der Waals surface area contributed by atoms with Gasteiger partial charge in [0, 0.05) is 38.1 Å². The molecule has 0 saturated carbocycles. The van der Waals surface area contributed by atoms with Crippen LogP contribution in [0.25, 0.3) is 10.9 Å². The highest BCUT2D eigenvalue weighted by Crippen LogP contribution is 2.38. The van der Waals surface area contributed by atoms with Gasteiger partial charge in [-0.05, 0) is 24.7 Å². The lowest BCUT2D eigenvalue weighted by Crippen LogP contribution is -2.40. The van der Waals surface area contributed by atoms with E-state index in [4.69, 9.17) is 17.0 Å². The SMILES string of the molecule is CCCn1c(O)c(N=NC(=S)NCCN2CCOCC2)c2ccccc21. The van der Waals surface area contributed by atoms with Crippen molar-refractivity contribution in [1.82, 2.24) is 14.8 Å². The Hall–Kier alpha value is -2.03. The fraction of sp³-hybridized carbons (Fsp3) is 0.500. The van der Waals surface area contributed by atoms with E-state index < -0.39 is 0 Å². The first-order valence-corrected chi connectivity index (χ1v) is 9.41. The van der Waals surface area contributed by atoms with Crippen molar-refractivity contribution < 1.29 is 9.84 Å². The molecule has 1 aromatic heterocycles. The molecule has 2 N–H and O–H groups in total. The zero-order valence-electron chi connectivity index (χ0n) is 15.0. The number of rotatable bonds is 6. The predicted molar refractivity (Wildman–Crippen MR) is 106 cm³/mol. The molecule has 3 rings (SSSR count). The predicted octanol–water partition coefficient (Wildman–Crippen LogP) is 3.05. The Morgan fingerprint density at radius 2 is 2.04 bits per heavy atom. The molecule has 1 fully saturated rings. The Bertz CT molecular complexity index is 783. The first kappa shape index (κ1) is 18.8. The normalized spacial score (nSPS) is 15.7. The summed E-state index contributed by atoms with van der Waals surface area (Å²) in [5, 5.41) is 23.1. The van der Waals surface area contributed by atoms with Crippen molar-refractivity contribution in [3.8, 4) is 5.88 Å². The second kappa shape index (κ2) is 9.07. The Balaban J connectivity index is 1.64. The Kier molecular flexibility index (Phi) is 6.54. The van der Waals surface area contributed by atoms with Crippen LogP contribution in [0.15, 0.2) is 34.5 Å². The van der Waals surface area contributed by atoms with Crippen LogP contribution in [-0.2, 0) is 11.3 Å². The molecule has 26 heavy (non-hydrogen) atoms. The largest absolute Gasteiger partial charge is 0.493 e. The van der Waals surface area contributed by atoms with E-state index in [-0.39, 0.29) is 5.88 Å². The van der Waals surface area contributed by atoms with Gasteiger partial charge in [0.25, 0.3) is 0 Å². The van der Waals surface area contributed by atoms with Crippen LogP contribution in [0, 0.1) is 0 Å². The molecule has 0 atom stereocenters. The quantitative estimate of drug-likeness (QED) is 0.600. The lowest BCUT2D eigenvalue weighted by atomic mass is 10.2. The standard InChI is InChI=1S/C18H25N5O2S/c1-2-8-23-15-6-4-3-5-14(15)16(17(23)24)20-21-18(26)19-7-9-22-10-12-25-13-11-22/h3-6,24H,2,7-13H2,1H3,(H,19,26). The van der Waals surface area contributed by atoms with Gasteiger partial charge in [-0.3, -0.25) is 4.90 Å². The summed E-state index contributed by atoms with van der Waals surface area (Å²) in [6.07, 6.45) is 0.921. The van der Waals surface area contributed by atoms with Gasteiger partial charge >= 0.3 is 0 Å². The smallest absolute Gasteiger partial charge is 0.220 e. The second-order valence-electron chi connectivity index (χ2n) is 6.23. The van der Waals surface area contributed by atoms with Gasteiger partial charge in [0.05, 0.1) is 18.7 Å². The summed E-state index contributed by atoms with van der Waals surface area (Å²) < 4.78 is 7.19. The summed E-state index contributed by atoms with van der Waals surface area (Å²) in [6, 6.07) is 7.79. The zero-order valence-corrected chi connectivity index (χ0v) is 15.8. The first-order valence-electron chi connectivity index (χ1n) is 9.00. The summed E-state index contributed by atoms with van der Waals surface area (Å²) in [6.45, 7) is 7.85. The molecule has 7 nitrogen and oxygen atoms in total. The average molecular weight is 375 g/mol. The minimum atomic E-state index is 0.132. The second-order valence-corrected chi connectivity index (χ2v) is 6.61. The number of fused-ring (bicyclic) bond motifs is 1. The number of aryl methyl sites for hydroxylation is 1. The van der Waals surface area contributed by atoms with Crippen molar-refractivity contribution in [2.45, 2.75) is 19.9 Å². The topological polar surface area (TPSA) is 74.4 Å². The molecule has 1 aliphatic rings. The number of aromatic hydroxyl groups is 1. The molecule has 1 aromatic carbocycles. The molecule has 8 heteroatoms. The first-order chi connectivity index (χ1) is 12.7. The third-order valence-electron chi connectivity index (χ3n) is 4.41. The van der Waals surface area contributed by atoms with Gasteiger partial charge in [-0.1, -0.05) is 25.1 Å². The molecule has 0 amide bonds. The molecule has 0 radical (unpaired) electrons. The Labute approximate surface area is 158 Å². The van der Waals surface area contributed by atoms with E-state index >= 15 is 0 Å². The monoisotopic (exact) mass is 375 g/mol. The minimum absolute atomic E-state index is 0.132. The number of nitrogens with zero attached hydrogens (tertiary/aromatic N) is 4. The molecule has 140 valence electrons. The van der Waals surface area contributed by atoms with E-state index in [0.29, 0.717) is 17.3 Å². The number of aromatic nitrogens is 1. The van der Waals surface area contributed by atoms with Gasteiger partial charge in [0.2, 0.25) is 11.0 Å². The number of hydrogen-bond donors (Lipinski definition) is 2. The maximum atomic E-state index is 10.5. The summed E-state index contributed by atoms with van der Waals surface area (Å²) >= 11 is 5.24. The fourth-order valence-electron chi connectivity index (χ4n) is 3.10. The highest BCUT2D eigenvalue weighted by Gasteiger charge is 2.15. The number of azo groups is 1. The van der Waals surface area contributed by atoms with Gasteiger partial charge in [0.15, 0.2) is 5.69 Å². The Morgan fingerprint density at radius 1 is 1.27 bits per heavy atom. The summed E-state index contributed by atoms with van der Waals surface area (Å²) in [5.74, 6) is 0.132. The van der Waals surface area contributed by atoms with Crippen LogP contribution in [-0.4, -0.2) is 59.1 Å². The molecular formula is C18H25N5O2S. The zero-order chi connectivity index (χ0) is 18.4. The highest BCUT2D eigenvalue weighted by atomic mass is 32.1. The molecule has 1 saturated heterocycles. The fourth-order valence-corrected chi connectivity index (χ4v) is 3.24. The van der Waals surface area contributed by atoms with Crippen molar-refractivity contribution in [2.24, 2.45) is 10.2 Å². The van der Waals surface area contributed by atoms with Crippen LogP contribution in [0.4, 0.5) is 5.69 Å². The van der Waals surface area contributed by atoms with Crippen molar-refractivity contribution >= 4 is 33.9 Å². The van der Waals surface area contributed by atoms with Crippen LogP contribution in [0.1, 0.15) is 13.3 Å². The van der Waals surface area contributed by atoms with Crippen molar-refractivity contribution in [3.05, 3.63) is 24.3 Å². The number of para-hydroxylation sites is 1. The third-order valence-corrected chi connectivity index (χ3v) is 4.64. The number of morpholine rings is 1. The van der Waals surface area contributed by atoms with Crippen LogP contribution >= 0.6 is 12.2 Å². The van der Waals surface area contributed by atoms with Crippen LogP contribution in [0.2, 0.25) is 0 Å². The van der Waals surface area contributed by atoms with E-state index in [2.05, 4.69) is 27.4 Å². The summed E-state index contributed by atoms with van der Waals surface area (Å²) in [7, 11) is 0. The number of thiocarbonyl (C=S) groups is 1. The van der Waals surface area contributed by atoms with E-state index in [1.807, 2.05) is 28.8 Å². The molecule has 1 aliphatic heterocycles. The Morgan fingerprint density at radius 3 is 2.81 bits per heavy atom. The molecule has 0 bridgehead atoms. The highest BCUT2D eigenvalue weighted by molar-refractivity contribution is 7.80. The van der Waals surface area contributed by atoms with Crippen molar-refractivity contribution in [1.29, 1.82) is 0 Å². The molecule has 0 aliphatic carbocycles. The van der Waals surface area contributed by atoms with E-state index in [1.165, 1.54) is 0 Å². The number of ether oxygens (including phenoxy) is 1. The van der Waals surface area contributed by atoms with Crippen molar-refractivity contribution in [2.75, 3.05) is 39.4 Å². The number of nitrogens with one attached hydrogen (secondary N) is 1. The van der Waals surface area contributed by atoms with Crippen molar-refractivity contribution in [3.63, 3.8) is 0 Å². The van der Waals surface area contributed by atoms with Gasteiger partial charge in [-0.2, -0.15) is 0 Å². The minimum Gasteiger partial charge on any atom is -0.493 e. The van der Waals surface area contributed by atoms with E-state index in [9.17, 15) is 5.11 Å². The van der Waals surface area contributed by atoms with E-state index in [0.717, 1.165) is 56.7 Å². The van der Waals surface area contributed by atoms with Crippen LogP contribution in [0.3, 0.4) is 0 Å². The maximum absolute atomic E-state index is 10.5. The molecule has 0 spiro atoms.